The molecule has 6 heteroatoms. The Kier molecular flexibility index (Phi) is 4.23. The summed E-state index contributed by atoms with van der Waals surface area (Å²) < 4.78 is 12.9. The number of rotatable bonds is 3. The maximum Gasteiger partial charge on any atom is 0.321 e. The van der Waals surface area contributed by atoms with Crippen LogP contribution in [0.25, 0.3) is 0 Å². The molecule has 1 aliphatic rings. The zero-order valence-corrected chi connectivity index (χ0v) is 12.4. The molecule has 0 bridgehead atoms. The lowest BCUT2D eigenvalue weighted by Crippen LogP contribution is -2.46. The molecule has 1 saturated heterocycles. The molecule has 0 spiro atoms. The number of nitrogens with zero attached hydrogens (tertiary/aromatic N) is 1. The van der Waals surface area contributed by atoms with E-state index in [4.69, 9.17) is 0 Å². The predicted octanol–water partition coefficient (Wildman–Crippen LogP) is 3.00. The summed E-state index contributed by atoms with van der Waals surface area (Å²) in [6.45, 7) is 1.37. The lowest BCUT2D eigenvalue weighted by Gasteiger charge is -2.27. The van der Waals surface area contributed by atoms with E-state index in [1.165, 1.54) is 24.3 Å². The Morgan fingerprint density at radius 1 is 1.09 bits per heavy atom. The fourth-order valence-electron chi connectivity index (χ4n) is 2.41. The first-order valence-corrected chi connectivity index (χ1v) is 7.36. The van der Waals surface area contributed by atoms with Gasteiger partial charge in [-0.1, -0.05) is 0 Å². The van der Waals surface area contributed by atoms with Gasteiger partial charge in [0.15, 0.2) is 0 Å². The Hall–Kier alpha value is -2.89. The number of nitrogens with one attached hydrogen (secondary N) is 2. The maximum absolute atomic E-state index is 12.9. The van der Waals surface area contributed by atoms with Crippen LogP contribution >= 0.6 is 0 Å². The van der Waals surface area contributed by atoms with Gasteiger partial charge in [0.1, 0.15) is 5.82 Å². The molecule has 5 nitrogen and oxygen atoms in total. The van der Waals surface area contributed by atoms with Crippen LogP contribution in [0.1, 0.15) is 16.8 Å². The third-order valence-electron chi connectivity index (χ3n) is 3.62. The van der Waals surface area contributed by atoms with E-state index in [1.807, 2.05) is 0 Å². The minimum atomic E-state index is -0.384. The molecular weight excluding hydrogens is 297 g/mol. The first kappa shape index (κ1) is 15.0. The Balaban J connectivity index is 1.68. The molecule has 118 valence electrons. The fourth-order valence-corrected chi connectivity index (χ4v) is 2.41. The van der Waals surface area contributed by atoms with Crippen LogP contribution in [0, 0.1) is 5.82 Å². The van der Waals surface area contributed by atoms with Crippen molar-refractivity contribution in [3.8, 4) is 0 Å². The summed E-state index contributed by atoms with van der Waals surface area (Å²) >= 11 is 0. The highest BCUT2D eigenvalue weighted by atomic mass is 19.1. The molecule has 3 rings (SSSR count). The third kappa shape index (κ3) is 3.48. The quantitative estimate of drug-likeness (QED) is 0.915. The second-order valence-electron chi connectivity index (χ2n) is 5.25. The van der Waals surface area contributed by atoms with Crippen molar-refractivity contribution in [2.24, 2.45) is 0 Å². The summed E-state index contributed by atoms with van der Waals surface area (Å²) in [6.07, 6.45) is 0.898. The van der Waals surface area contributed by atoms with Gasteiger partial charge in [0.25, 0.3) is 5.91 Å². The maximum atomic E-state index is 12.9. The van der Waals surface area contributed by atoms with E-state index >= 15 is 0 Å². The standard InChI is InChI=1S/C17H16FN3O2/c18-13-4-2-12(3-5-13)16(22)20-14-6-8-15(9-7-14)21-11-1-10-19-17(21)23/h2-9H,1,10-11H2,(H,19,23)(H,20,22). The van der Waals surface area contributed by atoms with Gasteiger partial charge in [-0.3, -0.25) is 9.69 Å². The summed E-state index contributed by atoms with van der Waals surface area (Å²) in [5.74, 6) is -0.695. The van der Waals surface area contributed by atoms with E-state index in [9.17, 15) is 14.0 Å². The SMILES string of the molecule is O=C(Nc1ccc(N2CCCNC2=O)cc1)c1ccc(F)cc1. The molecule has 0 aromatic heterocycles. The Labute approximate surface area is 133 Å². The number of hydrogen-bond donors (Lipinski definition) is 2. The van der Waals surface area contributed by atoms with Gasteiger partial charge in [0.2, 0.25) is 0 Å². The fraction of sp³-hybridized carbons (Fsp3) is 0.176. The van der Waals surface area contributed by atoms with E-state index in [-0.39, 0.29) is 17.8 Å². The molecule has 0 atom stereocenters. The second-order valence-corrected chi connectivity index (χ2v) is 5.25. The van der Waals surface area contributed by atoms with Crippen molar-refractivity contribution in [3.05, 3.63) is 59.9 Å². The van der Waals surface area contributed by atoms with Crippen molar-refractivity contribution in [1.29, 1.82) is 0 Å². The van der Waals surface area contributed by atoms with Crippen LogP contribution in [-0.2, 0) is 0 Å². The van der Waals surface area contributed by atoms with Crippen molar-refractivity contribution in [2.75, 3.05) is 23.3 Å². The predicted molar refractivity (Wildman–Crippen MR) is 86.2 cm³/mol. The molecule has 1 heterocycles. The van der Waals surface area contributed by atoms with Crippen LogP contribution in [0.3, 0.4) is 0 Å². The normalized spacial score (nSPS) is 14.3. The van der Waals surface area contributed by atoms with Gasteiger partial charge in [-0.05, 0) is 55.0 Å². The lowest BCUT2D eigenvalue weighted by atomic mass is 10.2. The topological polar surface area (TPSA) is 61.4 Å². The van der Waals surface area contributed by atoms with Crippen LogP contribution in [0.2, 0.25) is 0 Å². The average Bonchev–Trinajstić information content (AvgIpc) is 2.57. The van der Waals surface area contributed by atoms with Crippen LogP contribution < -0.4 is 15.5 Å². The van der Waals surface area contributed by atoms with Gasteiger partial charge in [-0.15, -0.1) is 0 Å². The highest BCUT2D eigenvalue weighted by molar-refractivity contribution is 6.04. The van der Waals surface area contributed by atoms with Crippen molar-refractivity contribution in [2.45, 2.75) is 6.42 Å². The molecule has 0 saturated carbocycles. The third-order valence-corrected chi connectivity index (χ3v) is 3.62. The Morgan fingerprint density at radius 3 is 2.43 bits per heavy atom. The number of amides is 3. The molecule has 2 N–H and O–H groups in total. The van der Waals surface area contributed by atoms with Crippen molar-refractivity contribution >= 4 is 23.3 Å². The van der Waals surface area contributed by atoms with Gasteiger partial charge in [-0.2, -0.15) is 0 Å². The number of benzene rings is 2. The van der Waals surface area contributed by atoms with E-state index in [0.29, 0.717) is 24.3 Å². The lowest BCUT2D eigenvalue weighted by molar-refractivity contribution is 0.102. The molecule has 23 heavy (non-hydrogen) atoms. The van der Waals surface area contributed by atoms with Crippen molar-refractivity contribution < 1.29 is 14.0 Å². The highest BCUT2D eigenvalue weighted by Gasteiger charge is 2.18. The number of carbonyl (C=O) groups excluding carboxylic acids is 2. The summed E-state index contributed by atoms with van der Waals surface area (Å²) in [5.41, 5.74) is 1.77. The van der Waals surface area contributed by atoms with E-state index in [1.54, 1.807) is 29.2 Å². The van der Waals surface area contributed by atoms with Gasteiger partial charge in [-0.25, -0.2) is 9.18 Å². The summed E-state index contributed by atoms with van der Waals surface area (Å²) in [6, 6.07) is 12.3. The summed E-state index contributed by atoms with van der Waals surface area (Å²) in [4.78, 5) is 25.5. The minimum absolute atomic E-state index is 0.112. The molecular formula is C17H16FN3O2. The van der Waals surface area contributed by atoms with Gasteiger partial charge >= 0.3 is 6.03 Å². The molecule has 3 amide bonds. The van der Waals surface area contributed by atoms with E-state index < -0.39 is 0 Å². The zero-order valence-electron chi connectivity index (χ0n) is 12.4. The summed E-state index contributed by atoms with van der Waals surface area (Å²) in [5, 5.41) is 5.53. The van der Waals surface area contributed by atoms with Crippen molar-refractivity contribution in [3.63, 3.8) is 0 Å². The number of carbonyl (C=O) groups is 2. The first-order chi connectivity index (χ1) is 11.1. The van der Waals surface area contributed by atoms with E-state index in [2.05, 4.69) is 10.6 Å². The molecule has 0 radical (unpaired) electrons. The molecule has 0 unspecified atom stereocenters. The number of halogens is 1. The minimum Gasteiger partial charge on any atom is -0.338 e. The van der Waals surface area contributed by atoms with Crippen LogP contribution in [0.4, 0.5) is 20.6 Å². The average molecular weight is 313 g/mol. The number of urea groups is 1. The molecule has 1 fully saturated rings. The molecule has 2 aromatic carbocycles. The Morgan fingerprint density at radius 2 is 1.78 bits per heavy atom. The van der Waals surface area contributed by atoms with Crippen LogP contribution in [0.5, 0.6) is 0 Å². The number of anilines is 2. The van der Waals surface area contributed by atoms with E-state index in [0.717, 1.165) is 12.1 Å². The molecule has 2 aromatic rings. The number of hydrogen-bond acceptors (Lipinski definition) is 2. The monoisotopic (exact) mass is 313 g/mol. The Bertz CT molecular complexity index is 714. The summed E-state index contributed by atoms with van der Waals surface area (Å²) in [7, 11) is 0. The first-order valence-electron chi connectivity index (χ1n) is 7.36. The van der Waals surface area contributed by atoms with Gasteiger partial charge in [0.05, 0.1) is 0 Å². The molecule has 1 aliphatic heterocycles. The van der Waals surface area contributed by atoms with Crippen molar-refractivity contribution in [1.82, 2.24) is 5.32 Å². The smallest absolute Gasteiger partial charge is 0.321 e. The van der Waals surface area contributed by atoms with Crippen LogP contribution in [0.15, 0.2) is 48.5 Å². The molecule has 0 aliphatic carbocycles. The second kappa shape index (κ2) is 6.48. The largest absolute Gasteiger partial charge is 0.338 e. The van der Waals surface area contributed by atoms with Gasteiger partial charge in [0, 0.05) is 30.0 Å². The van der Waals surface area contributed by atoms with Crippen LogP contribution in [-0.4, -0.2) is 25.0 Å². The highest BCUT2D eigenvalue weighted by Crippen LogP contribution is 2.20. The van der Waals surface area contributed by atoms with Gasteiger partial charge < -0.3 is 10.6 Å². The zero-order chi connectivity index (χ0) is 16.2.